The van der Waals surface area contributed by atoms with Crippen LogP contribution in [0.4, 0.5) is 4.79 Å². The highest BCUT2D eigenvalue weighted by Crippen LogP contribution is 2.22. The molecule has 0 aliphatic carbocycles. The van der Waals surface area contributed by atoms with Gasteiger partial charge in [0.2, 0.25) is 0 Å². The average molecular weight is 250 g/mol. The molecule has 5 nitrogen and oxygen atoms in total. The molecule has 2 heterocycles. The third kappa shape index (κ3) is 2.91. The second-order valence-electron chi connectivity index (χ2n) is 5.45. The molecule has 0 fully saturated rings. The topological polar surface area (TPSA) is 62.7 Å². The van der Waals surface area contributed by atoms with Crippen LogP contribution < -0.4 is 0 Å². The lowest BCUT2D eigenvalue weighted by molar-refractivity contribution is 0.0222. The van der Waals surface area contributed by atoms with Crippen LogP contribution in [0.5, 0.6) is 5.75 Å². The summed E-state index contributed by atoms with van der Waals surface area (Å²) in [6.45, 7) is 6.56. The van der Waals surface area contributed by atoms with E-state index in [2.05, 4.69) is 4.98 Å². The van der Waals surface area contributed by atoms with Crippen molar-refractivity contribution in [3.8, 4) is 5.75 Å². The van der Waals surface area contributed by atoms with E-state index in [4.69, 9.17) is 4.74 Å². The Balaban J connectivity index is 2.09. The highest BCUT2D eigenvalue weighted by molar-refractivity contribution is 5.68. The molecule has 0 spiro atoms. The number of rotatable bonds is 0. The lowest BCUT2D eigenvalue weighted by Crippen LogP contribution is -2.40. The predicted molar refractivity (Wildman–Crippen MR) is 66.2 cm³/mol. The summed E-state index contributed by atoms with van der Waals surface area (Å²) in [5, 5.41) is 9.40. The Morgan fingerprint density at radius 3 is 2.89 bits per heavy atom. The van der Waals surface area contributed by atoms with Crippen LogP contribution in [-0.4, -0.2) is 33.2 Å². The third-order valence-electron chi connectivity index (χ3n) is 2.68. The maximum atomic E-state index is 11.9. The number of hydrogen-bond acceptors (Lipinski definition) is 4. The first-order valence-corrected chi connectivity index (χ1v) is 6.00. The molecule has 1 amide bonds. The molecule has 0 atom stereocenters. The summed E-state index contributed by atoms with van der Waals surface area (Å²) in [7, 11) is 0. The van der Waals surface area contributed by atoms with Gasteiger partial charge in [0.15, 0.2) is 0 Å². The van der Waals surface area contributed by atoms with Crippen molar-refractivity contribution in [2.75, 3.05) is 6.54 Å². The van der Waals surface area contributed by atoms with Crippen molar-refractivity contribution in [2.45, 2.75) is 39.3 Å². The van der Waals surface area contributed by atoms with Crippen LogP contribution in [0.25, 0.3) is 0 Å². The quantitative estimate of drug-likeness (QED) is 0.765. The Kier molecular flexibility index (Phi) is 3.15. The van der Waals surface area contributed by atoms with Crippen molar-refractivity contribution in [2.24, 2.45) is 0 Å². The van der Waals surface area contributed by atoms with E-state index >= 15 is 0 Å². The molecule has 18 heavy (non-hydrogen) atoms. The van der Waals surface area contributed by atoms with E-state index in [0.29, 0.717) is 19.5 Å². The maximum absolute atomic E-state index is 11.9. The number of ether oxygens (including phenoxy) is 1. The van der Waals surface area contributed by atoms with Crippen molar-refractivity contribution >= 4 is 6.09 Å². The summed E-state index contributed by atoms with van der Waals surface area (Å²) < 4.78 is 5.33. The van der Waals surface area contributed by atoms with Crippen LogP contribution >= 0.6 is 0 Å². The number of carbonyl (C=O) groups excluding carboxylic acids is 1. The van der Waals surface area contributed by atoms with Crippen LogP contribution in [-0.2, 0) is 17.7 Å². The molecular formula is C13H18N2O3. The number of fused-ring (bicyclic) bond motifs is 1. The maximum Gasteiger partial charge on any atom is 0.410 e. The van der Waals surface area contributed by atoms with Gasteiger partial charge >= 0.3 is 6.09 Å². The Morgan fingerprint density at radius 2 is 2.22 bits per heavy atom. The molecule has 2 rings (SSSR count). The molecule has 1 N–H and O–H groups in total. The second kappa shape index (κ2) is 4.48. The SMILES string of the molecule is CC(C)(C)OC(=O)N1CCc2ncc(O)cc2C1. The van der Waals surface area contributed by atoms with Gasteiger partial charge < -0.3 is 14.7 Å². The normalized spacial score (nSPS) is 15.2. The fourth-order valence-electron chi connectivity index (χ4n) is 1.90. The zero-order valence-electron chi connectivity index (χ0n) is 10.9. The number of hydrogen-bond donors (Lipinski definition) is 1. The fourth-order valence-corrected chi connectivity index (χ4v) is 1.90. The molecule has 0 aromatic carbocycles. The van der Waals surface area contributed by atoms with Crippen LogP contribution in [0, 0.1) is 0 Å². The van der Waals surface area contributed by atoms with Gasteiger partial charge in [0.1, 0.15) is 11.4 Å². The van der Waals surface area contributed by atoms with Gasteiger partial charge in [-0.25, -0.2) is 4.79 Å². The highest BCUT2D eigenvalue weighted by atomic mass is 16.6. The van der Waals surface area contributed by atoms with Gasteiger partial charge in [-0.2, -0.15) is 0 Å². The number of nitrogens with zero attached hydrogens (tertiary/aromatic N) is 2. The molecule has 0 radical (unpaired) electrons. The average Bonchev–Trinajstić information content (AvgIpc) is 2.25. The largest absolute Gasteiger partial charge is 0.506 e. The third-order valence-corrected chi connectivity index (χ3v) is 2.68. The molecule has 1 aromatic heterocycles. The van der Waals surface area contributed by atoms with Gasteiger partial charge in [0, 0.05) is 18.7 Å². The molecule has 1 aliphatic heterocycles. The van der Waals surface area contributed by atoms with E-state index in [9.17, 15) is 9.90 Å². The van der Waals surface area contributed by atoms with Gasteiger partial charge in [-0.3, -0.25) is 4.98 Å². The summed E-state index contributed by atoms with van der Waals surface area (Å²) in [4.78, 5) is 17.7. The van der Waals surface area contributed by atoms with Crippen LogP contribution in [0.1, 0.15) is 32.0 Å². The minimum absolute atomic E-state index is 0.125. The summed E-state index contributed by atoms with van der Waals surface area (Å²) >= 11 is 0. The first-order valence-electron chi connectivity index (χ1n) is 6.00. The van der Waals surface area contributed by atoms with E-state index in [-0.39, 0.29) is 11.8 Å². The van der Waals surface area contributed by atoms with Crippen molar-refractivity contribution in [1.29, 1.82) is 0 Å². The smallest absolute Gasteiger partial charge is 0.410 e. The summed E-state index contributed by atoms with van der Waals surface area (Å²) in [5.74, 6) is 0.125. The minimum atomic E-state index is -0.492. The standard InChI is InChI=1S/C13H18N2O3/c1-13(2,3)18-12(17)15-5-4-11-9(8-15)6-10(16)7-14-11/h6-7,16H,4-5,8H2,1-3H3. The lowest BCUT2D eigenvalue weighted by atomic mass is 10.1. The molecule has 0 saturated heterocycles. The zero-order valence-corrected chi connectivity index (χ0v) is 10.9. The van der Waals surface area contributed by atoms with Crippen LogP contribution in [0.2, 0.25) is 0 Å². The molecule has 0 unspecified atom stereocenters. The number of pyridine rings is 1. The molecule has 1 aromatic rings. The van der Waals surface area contributed by atoms with Gasteiger partial charge in [0.05, 0.1) is 12.7 Å². The number of aromatic hydroxyl groups is 1. The zero-order chi connectivity index (χ0) is 13.3. The van der Waals surface area contributed by atoms with Crippen molar-refractivity contribution in [3.05, 3.63) is 23.5 Å². The molecule has 98 valence electrons. The van der Waals surface area contributed by atoms with E-state index < -0.39 is 5.60 Å². The van der Waals surface area contributed by atoms with Crippen molar-refractivity contribution < 1.29 is 14.6 Å². The number of amides is 1. The van der Waals surface area contributed by atoms with Gasteiger partial charge in [0.25, 0.3) is 0 Å². The molecule has 0 saturated carbocycles. The van der Waals surface area contributed by atoms with Gasteiger partial charge in [-0.05, 0) is 32.4 Å². The number of aromatic nitrogens is 1. The molecule has 0 bridgehead atoms. The van der Waals surface area contributed by atoms with Crippen LogP contribution in [0.15, 0.2) is 12.3 Å². The van der Waals surface area contributed by atoms with Gasteiger partial charge in [-0.15, -0.1) is 0 Å². The monoisotopic (exact) mass is 250 g/mol. The molecule has 1 aliphatic rings. The molecule has 5 heteroatoms. The fraction of sp³-hybridized carbons (Fsp3) is 0.538. The molecular weight excluding hydrogens is 232 g/mol. The van der Waals surface area contributed by atoms with E-state index in [0.717, 1.165) is 11.3 Å². The Bertz CT molecular complexity index is 466. The Morgan fingerprint density at radius 1 is 1.50 bits per heavy atom. The Hall–Kier alpha value is -1.78. The van der Waals surface area contributed by atoms with Gasteiger partial charge in [-0.1, -0.05) is 0 Å². The van der Waals surface area contributed by atoms with E-state index in [1.807, 2.05) is 20.8 Å². The highest BCUT2D eigenvalue weighted by Gasteiger charge is 2.26. The van der Waals surface area contributed by atoms with Crippen LogP contribution in [0.3, 0.4) is 0 Å². The number of carbonyl (C=O) groups is 1. The minimum Gasteiger partial charge on any atom is -0.506 e. The van der Waals surface area contributed by atoms with Crippen molar-refractivity contribution in [3.63, 3.8) is 0 Å². The second-order valence-corrected chi connectivity index (χ2v) is 5.45. The first kappa shape index (κ1) is 12.7. The summed E-state index contributed by atoms with van der Waals surface area (Å²) in [5.41, 5.74) is 1.33. The van der Waals surface area contributed by atoms with E-state index in [1.54, 1.807) is 11.0 Å². The summed E-state index contributed by atoms with van der Waals surface area (Å²) in [6, 6.07) is 1.65. The summed E-state index contributed by atoms with van der Waals surface area (Å²) in [6.07, 6.45) is 1.80. The van der Waals surface area contributed by atoms with Crippen molar-refractivity contribution in [1.82, 2.24) is 9.88 Å². The lowest BCUT2D eigenvalue weighted by Gasteiger charge is -2.30. The predicted octanol–water partition coefficient (Wildman–Crippen LogP) is 2.08. The Labute approximate surface area is 106 Å². The van der Waals surface area contributed by atoms with E-state index in [1.165, 1.54) is 6.20 Å². The first-order chi connectivity index (χ1) is 8.35.